The maximum absolute atomic E-state index is 13.6. The standard InChI is InChI=1S/C16H12F2N2S3/c17-13-7-3-1-5-11(13)9-21-15-19-20-16(23-15)22-10-12-6-2-4-8-14(12)18/h1-8H,9-10H2. The van der Waals surface area contributed by atoms with Crippen LogP contribution in [0, 0.1) is 11.6 Å². The molecule has 23 heavy (non-hydrogen) atoms. The second-order valence-electron chi connectivity index (χ2n) is 4.59. The topological polar surface area (TPSA) is 25.8 Å². The third kappa shape index (κ3) is 4.53. The number of nitrogens with zero attached hydrogens (tertiary/aromatic N) is 2. The molecule has 3 aromatic rings. The van der Waals surface area contributed by atoms with E-state index in [1.165, 1.54) is 47.0 Å². The summed E-state index contributed by atoms with van der Waals surface area (Å²) in [7, 11) is 0. The number of rotatable bonds is 6. The van der Waals surface area contributed by atoms with Gasteiger partial charge in [0.25, 0.3) is 0 Å². The highest BCUT2D eigenvalue weighted by atomic mass is 32.2. The number of benzene rings is 2. The van der Waals surface area contributed by atoms with Gasteiger partial charge >= 0.3 is 0 Å². The molecule has 0 bridgehead atoms. The average Bonchev–Trinajstić information content (AvgIpc) is 3.01. The predicted octanol–water partition coefficient (Wildman–Crippen LogP) is 5.40. The molecule has 1 heterocycles. The summed E-state index contributed by atoms with van der Waals surface area (Å²) < 4.78 is 28.7. The highest BCUT2D eigenvalue weighted by molar-refractivity contribution is 8.02. The first-order chi connectivity index (χ1) is 11.2. The van der Waals surface area contributed by atoms with Crippen molar-refractivity contribution in [2.75, 3.05) is 0 Å². The van der Waals surface area contributed by atoms with Crippen molar-refractivity contribution < 1.29 is 8.78 Å². The monoisotopic (exact) mass is 366 g/mol. The van der Waals surface area contributed by atoms with Gasteiger partial charge < -0.3 is 0 Å². The van der Waals surface area contributed by atoms with E-state index < -0.39 is 0 Å². The molecule has 0 N–H and O–H groups in total. The van der Waals surface area contributed by atoms with Crippen LogP contribution in [0.15, 0.2) is 57.2 Å². The van der Waals surface area contributed by atoms with E-state index in [2.05, 4.69) is 10.2 Å². The van der Waals surface area contributed by atoms with Gasteiger partial charge in [-0.2, -0.15) is 0 Å². The van der Waals surface area contributed by atoms with Crippen molar-refractivity contribution >= 4 is 34.9 Å². The van der Waals surface area contributed by atoms with Crippen molar-refractivity contribution in [1.29, 1.82) is 0 Å². The molecule has 118 valence electrons. The van der Waals surface area contributed by atoms with Crippen LogP contribution in [0.1, 0.15) is 11.1 Å². The Labute approximate surface area is 145 Å². The van der Waals surface area contributed by atoms with Crippen LogP contribution in [-0.2, 0) is 11.5 Å². The number of hydrogen-bond acceptors (Lipinski definition) is 5. The molecule has 0 unspecified atom stereocenters. The molecular formula is C16H12F2N2S3. The van der Waals surface area contributed by atoms with E-state index >= 15 is 0 Å². The molecule has 0 fully saturated rings. The lowest BCUT2D eigenvalue weighted by atomic mass is 10.2. The van der Waals surface area contributed by atoms with Crippen LogP contribution >= 0.6 is 34.9 Å². The van der Waals surface area contributed by atoms with Gasteiger partial charge in [0.1, 0.15) is 11.6 Å². The molecular weight excluding hydrogens is 354 g/mol. The molecule has 0 atom stereocenters. The molecule has 0 amide bonds. The first-order valence-corrected chi connectivity index (χ1v) is 9.57. The van der Waals surface area contributed by atoms with Crippen molar-refractivity contribution in [1.82, 2.24) is 10.2 Å². The van der Waals surface area contributed by atoms with Crippen molar-refractivity contribution in [3.8, 4) is 0 Å². The van der Waals surface area contributed by atoms with Crippen molar-refractivity contribution in [2.24, 2.45) is 0 Å². The van der Waals surface area contributed by atoms with E-state index in [-0.39, 0.29) is 11.6 Å². The van der Waals surface area contributed by atoms with Gasteiger partial charge in [-0.3, -0.25) is 0 Å². The fourth-order valence-electron chi connectivity index (χ4n) is 1.82. The normalized spacial score (nSPS) is 10.9. The Morgan fingerprint density at radius 1 is 0.739 bits per heavy atom. The number of halogens is 2. The summed E-state index contributed by atoms with van der Waals surface area (Å²) in [6.45, 7) is 0. The smallest absolute Gasteiger partial charge is 0.175 e. The van der Waals surface area contributed by atoms with Gasteiger partial charge in [-0.1, -0.05) is 71.3 Å². The third-order valence-corrected chi connectivity index (χ3v) is 6.29. The molecule has 7 heteroatoms. The zero-order chi connectivity index (χ0) is 16.1. The van der Waals surface area contributed by atoms with Gasteiger partial charge in [-0.05, 0) is 23.3 Å². The van der Waals surface area contributed by atoms with Crippen LogP contribution in [0.25, 0.3) is 0 Å². The maximum atomic E-state index is 13.6. The molecule has 0 saturated carbocycles. The van der Waals surface area contributed by atoms with Crippen molar-refractivity contribution in [3.63, 3.8) is 0 Å². The number of aromatic nitrogens is 2. The van der Waals surface area contributed by atoms with Gasteiger partial charge in [-0.15, -0.1) is 10.2 Å². The molecule has 3 rings (SSSR count). The van der Waals surface area contributed by atoms with Crippen molar-refractivity contribution in [3.05, 3.63) is 71.3 Å². The molecule has 0 saturated heterocycles. The minimum Gasteiger partial charge on any atom is -0.207 e. The van der Waals surface area contributed by atoms with E-state index in [0.29, 0.717) is 22.6 Å². The van der Waals surface area contributed by atoms with Crippen molar-refractivity contribution in [2.45, 2.75) is 20.2 Å². The van der Waals surface area contributed by atoms with E-state index in [0.717, 1.165) is 8.68 Å². The minimum atomic E-state index is -0.210. The van der Waals surface area contributed by atoms with Gasteiger partial charge in [0.15, 0.2) is 8.68 Å². The van der Waals surface area contributed by atoms with Crippen LogP contribution < -0.4 is 0 Å². The molecule has 0 spiro atoms. The van der Waals surface area contributed by atoms with E-state index in [1.807, 2.05) is 12.1 Å². The number of thioether (sulfide) groups is 2. The van der Waals surface area contributed by atoms with Crippen LogP contribution in [0.3, 0.4) is 0 Å². The minimum absolute atomic E-state index is 0.210. The second kappa shape index (κ2) is 7.90. The summed E-state index contributed by atoms with van der Waals surface area (Å²) >= 11 is 4.34. The Hall–Kier alpha value is -1.44. The molecule has 1 aromatic heterocycles. The van der Waals surface area contributed by atoms with Crippen LogP contribution in [0.5, 0.6) is 0 Å². The Balaban J connectivity index is 1.56. The Kier molecular flexibility index (Phi) is 5.64. The first kappa shape index (κ1) is 16.4. The molecule has 2 aromatic carbocycles. The Bertz CT molecular complexity index is 728. The average molecular weight is 366 g/mol. The quantitative estimate of drug-likeness (QED) is 0.546. The van der Waals surface area contributed by atoms with Crippen LogP contribution in [-0.4, -0.2) is 10.2 Å². The fourth-order valence-corrected chi connectivity index (χ4v) is 4.82. The molecule has 0 aliphatic rings. The summed E-state index contributed by atoms with van der Waals surface area (Å²) in [5.74, 6) is 0.607. The lowest BCUT2D eigenvalue weighted by Crippen LogP contribution is -1.86. The largest absolute Gasteiger partial charge is 0.207 e. The fraction of sp³-hybridized carbons (Fsp3) is 0.125. The molecule has 0 aliphatic heterocycles. The zero-order valence-electron chi connectivity index (χ0n) is 11.9. The SMILES string of the molecule is Fc1ccccc1CSc1nnc(SCc2ccccc2F)s1. The zero-order valence-corrected chi connectivity index (χ0v) is 14.4. The highest BCUT2D eigenvalue weighted by Crippen LogP contribution is 2.32. The molecule has 0 radical (unpaired) electrons. The van der Waals surface area contributed by atoms with Gasteiger partial charge in [0.05, 0.1) is 0 Å². The summed E-state index contributed by atoms with van der Waals surface area (Å²) in [5.41, 5.74) is 1.29. The summed E-state index contributed by atoms with van der Waals surface area (Å²) in [5, 5.41) is 8.18. The summed E-state index contributed by atoms with van der Waals surface area (Å²) in [4.78, 5) is 0. The second-order valence-corrected chi connectivity index (χ2v) is 8.02. The van der Waals surface area contributed by atoms with Crippen LogP contribution in [0.4, 0.5) is 8.78 Å². The van der Waals surface area contributed by atoms with E-state index in [4.69, 9.17) is 0 Å². The molecule has 2 nitrogen and oxygen atoms in total. The lowest BCUT2D eigenvalue weighted by Gasteiger charge is -2.00. The lowest BCUT2D eigenvalue weighted by molar-refractivity contribution is 0.617. The van der Waals surface area contributed by atoms with Crippen LogP contribution in [0.2, 0.25) is 0 Å². The van der Waals surface area contributed by atoms with Gasteiger partial charge in [0.2, 0.25) is 0 Å². The summed E-state index contributed by atoms with van der Waals surface area (Å²) in [6, 6.07) is 13.4. The molecule has 0 aliphatic carbocycles. The highest BCUT2D eigenvalue weighted by Gasteiger charge is 2.09. The third-order valence-electron chi connectivity index (χ3n) is 3.01. The van der Waals surface area contributed by atoms with Gasteiger partial charge in [-0.25, -0.2) is 8.78 Å². The summed E-state index contributed by atoms with van der Waals surface area (Å²) in [6.07, 6.45) is 0. The first-order valence-electron chi connectivity index (χ1n) is 6.78. The van der Waals surface area contributed by atoms with E-state index in [9.17, 15) is 8.78 Å². The number of hydrogen-bond donors (Lipinski definition) is 0. The maximum Gasteiger partial charge on any atom is 0.175 e. The van der Waals surface area contributed by atoms with E-state index in [1.54, 1.807) is 24.3 Å². The van der Waals surface area contributed by atoms with Gasteiger partial charge in [0, 0.05) is 11.5 Å². The Morgan fingerprint density at radius 3 is 1.61 bits per heavy atom. The Morgan fingerprint density at radius 2 is 1.17 bits per heavy atom. The predicted molar refractivity (Wildman–Crippen MR) is 91.8 cm³/mol.